The lowest BCUT2D eigenvalue weighted by molar-refractivity contribution is -0.120. The number of anilines is 1. The van der Waals surface area contributed by atoms with Gasteiger partial charge in [-0.1, -0.05) is 29.8 Å². The molecule has 2 aliphatic rings. The number of ether oxygens (including phenoxy) is 1. The zero-order valence-corrected chi connectivity index (χ0v) is 18.9. The molecule has 0 aliphatic carbocycles. The van der Waals surface area contributed by atoms with E-state index in [1.807, 2.05) is 49.9 Å². The largest absolute Gasteiger partial charge is 0.494 e. The molecule has 1 atom stereocenters. The van der Waals surface area contributed by atoms with Gasteiger partial charge in [0.15, 0.2) is 0 Å². The summed E-state index contributed by atoms with van der Waals surface area (Å²) >= 11 is 0. The van der Waals surface area contributed by atoms with Crippen LogP contribution in [0, 0.1) is 19.8 Å². The van der Waals surface area contributed by atoms with Crippen molar-refractivity contribution in [1.29, 1.82) is 0 Å². The number of likely N-dealkylation sites (tertiary alicyclic amines) is 1. The maximum absolute atomic E-state index is 13.8. The van der Waals surface area contributed by atoms with E-state index in [2.05, 4.69) is 0 Å². The van der Waals surface area contributed by atoms with Crippen LogP contribution >= 0.6 is 0 Å². The summed E-state index contributed by atoms with van der Waals surface area (Å²) in [5, 5.41) is 9.72. The van der Waals surface area contributed by atoms with Crippen molar-refractivity contribution in [3.63, 3.8) is 0 Å². The predicted octanol–water partition coefficient (Wildman–Crippen LogP) is 3.69. The van der Waals surface area contributed by atoms with E-state index in [0.717, 1.165) is 29.5 Å². The maximum atomic E-state index is 13.8. The molecule has 2 aliphatic heterocycles. The van der Waals surface area contributed by atoms with Crippen molar-refractivity contribution in [3.05, 3.63) is 64.9 Å². The van der Waals surface area contributed by atoms with Crippen molar-refractivity contribution in [2.75, 3.05) is 31.2 Å². The molecule has 32 heavy (non-hydrogen) atoms. The van der Waals surface area contributed by atoms with Crippen LogP contribution in [-0.4, -0.2) is 48.1 Å². The number of aryl methyl sites for hydroxylation is 2. The average molecular weight is 435 g/mol. The summed E-state index contributed by atoms with van der Waals surface area (Å²) in [6.07, 6.45) is 1.79. The Morgan fingerprint density at radius 3 is 2.62 bits per heavy atom. The number of carbonyl (C=O) groups is 2. The van der Waals surface area contributed by atoms with Gasteiger partial charge in [-0.15, -0.1) is 0 Å². The third-order valence-electron chi connectivity index (χ3n) is 6.19. The normalized spacial score (nSPS) is 19.2. The van der Waals surface area contributed by atoms with Crippen LogP contribution in [-0.2, 0) is 9.59 Å². The molecule has 6 heteroatoms. The highest BCUT2D eigenvalue weighted by Crippen LogP contribution is 2.38. The third kappa shape index (κ3) is 4.02. The standard InChI is InChI=1S/C26H30N2O4/c1-4-32-21-9-5-8-20(14-21)28-25(30)23(22-11-10-17(2)13-18(22)3)24(26(28)31)27-12-6-7-19(15-27)16-29/h5,8-11,13-14,19,29H,4,6-7,12,15-16H2,1-3H3. The lowest BCUT2D eigenvalue weighted by Gasteiger charge is -2.34. The van der Waals surface area contributed by atoms with Crippen LogP contribution in [0.5, 0.6) is 5.75 Å². The zero-order chi connectivity index (χ0) is 22.8. The van der Waals surface area contributed by atoms with Crippen molar-refractivity contribution < 1.29 is 19.4 Å². The van der Waals surface area contributed by atoms with E-state index < -0.39 is 0 Å². The van der Waals surface area contributed by atoms with Crippen molar-refractivity contribution >= 4 is 23.1 Å². The van der Waals surface area contributed by atoms with Gasteiger partial charge in [-0.25, -0.2) is 4.90 Å². The lowest BCUT2D eigenvalue weighted by atomic mass is 9.95. The van der Waals surface area contributed by atoms with Gasteiger partial charge in [0, 0.05) is 25.8 Å². The summed E-state index contributed by atoms with van der Waals surface area (Å²) in [6, 6.07) is 13.0. The molecule has 4 rings (SSSR count). The number of hydrogen-bond donors (Lipinski definition) is 1. The fourth-order valence-corrected chi connectivity index (χ4v) is 4.68. The predicted molar refractivity (Wildman–Crippen MR) is 124 cm³/mol. The van der Waals surface area contributed by atoms with Crippen LogP contribution in [0.1, 0.15) is 36.5 Å². The Kier molecular flexibility index (Phi) is 6.33. The molecule has 0 spiro atoms. The summed E-state index contributed by atoms with van der Waals surface area (Å²) in [5.41, 5.74) is 4.20. The fraction of sp³-hybridized carbons (Fsp3) is 0.385. The van der Waals surface area contributed by atoms with Gasteiger partial charge in [0.05, 0.1) is 17.9 Å². The van der Waals surface area contributed by atoms with Gasteiger partial charge < -0.3 is 14.7 Å². The second-order valence-electron chi connectivity index (χ2n) is 8.55. The monoisotopic (exact) mass is 434 g/mol. The topological polar surface area (TPSA) is 70.1 Å². The SMILES string of the molecule is CCOc1cccc(N2C(=O)C(c3ccc(C)cc3C)=C(N3CCCC(CO)C3)C2=O)c1. The Morgan fingerprint density at radius 1 is 1.09 bits per heavy atom. The minimum atomic E-state index is -0.322. The van der Waals surface area contributed by atoms with Crippen molar-refractivity contribution in [1.82, 2.24) is 4.90 Å². The van der Waals surface area contributed by atoms with Gasteiger partial charge in [-0.2, -0.15) is 0 Å². The van der Waals surface area contributed by atoms with E-state index in [0.29, 0.717) is 42.4 Å². The number of piperidine rings is 1. The van der Waals surface area contributed by atoms with Gasteiger partial charge in [-0.3, -0.25) is 9.59 Å². The number of aliphatic hydroxyl groups is 1. The first-order valence-electron chi connectivity index (χ1n) is 11.2. The lowest BCUT2D eigenvalue weighted by Crippen LogP contribution is -2.40. The fourth-order valence-electron chi connectivity index (χ4n) is 4.68. The molecule has 0 bridgehead atoms. The second kappa shape index (κ2) is 9.17. The summed E-state index contributed by atoms with van der Waals surface area (Å²) < 4.78 is 5.59. The first-order chi connectivity index (χ1) is 15.4. The minimum absolute atomic E-state index is 0.0743. The molecular formula is C26H30N2O4. The molecular weight excluding hydrogens is 404 g/mol. The molecule has 1 N–H and O–H groups in total. The van der Waals surface area contributed by atoms with Crippen molar-refractivity contribution in [2.45, 2.75) is 33.6 Å². The Bertz CT molecular complexity index is 1080. The summed E-state index contributed by atoms with van der Waals surface area (Å²) in [4.78, 5) is 30.8. The molecule has 1 saturated heterocycles. The van der Waals surface area contributed by atoms with E-state index in [9.17, 15) is 14.7 Å². The highest BCUT2D eigenvalue weighted by Gasteiger charge is 2.43. The number of nitrogens with zero attached hydrogens (tertiary/aromatic N) is 2. The first-order valence-corrected chi connectivity index (χ1v) is 11.2. The number of hydrogen-bond acceptors (Lipinski definition) is 5. The minimum Gasteiger partial charge on any atom is -0.494 e. The Morgan fingerprint density at radius 2 is 1.91 bits per heavy atom. The second-order valence-corrected chi connectivity index (χ2v) is 8.55. The molecule has 0 saturated carbocycles. The van der Waals surface area contributed by atoms with E-state index in [4.69, 9.17) is 4.74 Å². The van der Waals surface area contributed by atoms with Gasteiger partial charge in [0.1, 0.15) is 11.4 Å². The zero-order valence-electron chi connectivity index (χ0n) is 18.9. The quantitative estimate of drug-likeness (QED) is 0.703. The van der Waals surface area contributed by atoms with E-state index in [1.165, 1.54) is 4.90 Å². The smallest absolute Gasteiger partial charge is 0.282 e. The van der Waals surface area contributed by atoms with Crippen LogP contribution in [0.25, 0.3) is 5.57 Å². The van der Waals surface area contributed by atoms with Crippen LogP contribution in [0.2, 0.25) is 0 Å². The Hall–Kier alpha value is -3.12. The highest BCUT2D eigenvalue weighted by atomic mass is 16.5. The van der Waals surface area contributed by atoms with Gasteiger partial charge >= 0.3 is 0 Å². The van der Waals surface area contributed by atoms with Gasteiger partial charge in [0.2, 0.25) is 0 Å². The summed E-state index contributed by atoms with van der Waals surface area (Å²) in [6.45, 7) is 7.69. The van der Waals surface area contributed by atoms with Crippen LogP contribution in [0.15, 0.2) is 48.2 Å². The third-order valence-corrected chi connectivity index (χ3v) is 6.19. The molecule has 2 aromatic carbocycles. The van der Waals surface area contributed by atoms with E-state index >= 15 is 0 Å². The Labute approximate surface area is 189 Å². The number of carbonyl (C=O) groups excluding carboxylic acids is 2. The van der Waals surface area contributed by atoms with Crippen LogP contribution in [0.3, 0.4) is 0 Å². The van der Waals surface area contributed by atoms with E-state index in [1.54, 1.807) is 18.2 Å². The highest BCUT2D eigenvalue weighted by molar-refractivity contribution is 6.45. The average Bonchev–Trinajstić information content (AvgIpc) is 3.04. The van der Waals surface area contributed by atoms with Crippen molar-refractivity contribution in [3.8, 4) is 5.75 Å². The molecule has 1 fully saturated rings. The Balaban J connectivity index is 1.82. The molecule has 0 aromatic heterocycles. The maximum Gasteiger partial charge on any atom is 0.282 e. The van der Waals surface area contributed by atoms with Crippen LogP contribution < -0.4 is 9.64 Å². The molecule has 168 valence electrons. The van der Waals surface area contributed by atoms with Gasteiger partial charge in [-0.05, 0) is 62.8 Å². The number of benzene rings is 2. The molecule has 0 radical (unpaired) electrons. The molecule has 6 nitrogen and oxygen atoms in total. The molecule has 2 amide bonds. The number of rotatable bonds is 6. The summed E-state index contributed by atoms with van der Waals surface area (Å²) in [7, 11) is 0. The number of imide groups is 1. The molecule has 2 heterocycles. The molecule has 1 unspecified atom stereocenters. The van der Waals surface area contributed by atoms with Crippen LogP contribution in [0.4, 0.5) is 5.69 Å². The van der Waals surface area contributed by atoms with E-state index in [-0.39, 0.29) is 24.3 Å². The van der Waals surface area contributed by atoms with Gasteiger partial charge in [0.25, 0.3) is 11.8 Å². The number of aliphatic hydroxyl groups excluding tert-OH is 1. The first kappa shape index (κ1) is 22.1. The molecule has 2 aromatic rings. The summed E-state index contributed by atoms with van der Waals surface area (Å²) in [5.74, 6) is 0.0641. The number of amides is 2. The van der Waals surface area contributed by atoms with Crippen molar-refractivity contribution in [2.24, 2.45) is 5.92 Å².